The maximum Gasteiger partial charge on any atom is 0.240 e. The van der Waals surface area contributed by atoms with Crippen molar-refractivity contribution in [3.63, 3.8) is 0 Å². The van der Waals surface area contributed by atoms with Crippen molar-refractivity contribution in [2.75, 3.05) is 5.32 Å². The van der Waals surface area contributed by atoms with Gasteiger partial charge in [-0.3, -0.25) is 14.6 Å². The Morgan fingerprint density at radius 3 is 2.91 bits per heavy atom. The van der Waals surface area contributed by atoms with Crippen molar-refractivity contribution in [3.8, 4) is 0 Å². The first-order chi connectivity index (χ1) is 10.5. The number of benzene rings is 1. The van der Waals surface area contributed by atoms with Crippen LogP contribution in [0.3, 0.4) is 0 Å². The van der Waals surface area contributed by atoms with Gasteiger partial charge in [0.15, 0.2) is 5.17 Å². The molecule has 1 heterocycles. The summed E-state index contributed by atoms with van der Waals surface area (Å²) in [5.41, 5.74) is 0.547. The molecule has 0 saturated carbocycles. The van der Waals surface area contributed by atoms with Crippen LogP contribution < -0.4 is 10.6 Å². The van der Waals surface area contributed by atoms with Gasteiger partial charge in [-0.05, 0) is 25.5 Å². The van der Waals surface area contributed by atoms with E-state index in [0.717, 1.165) is 6.42 Å². The van der Waals surface area contributed by atoms with Crippen molar-refractivity contribution < 1.29 is 9.59 Å². The molecule has 5 nitrogen and oxygen atoms in total. The van der Waals surface area contributed by atoms with Gasteiger partial charge in [0, 0.05) is 12.5 Å². The molecule has 2 amide bonds. The lowest BCUT2D eigenvalue weighted by atomic mass is 10.2. The minimum atomic E-state index is -0.453. The standard InChI is InChI=1S/C15H18ClN3O2S/c1-3-9(2)17-15-19-14(21)12(22-15)8-13(20)18-11-7-5-4-6-10(11)16/h4-7,9,12H,3,8H2,1-2H3,(H,18,20)(H,17,19,21)/t9-,12-/m1/s1. The third-order valence-corrected chi connectivity index (χ3v) is 4.65. The van der Waals surface area contributed by atoms with E-state index in [9.17, 15) is 9.59 Å². The zero-order valence-corrected chi connectivity index (χ0v) is 14.0. The van der Waals surface area contributed by atoms with Crippen LogP contribution in [-0.4, -0.2) is 28.3 Å². The monoisotopic (exact) mass is 339 g/mol. The van der Waals surface area contributed by atoms with E-state index in [2.05, 4.69) is 15.6 Å². The lowest BCUT2D eigenvalue weighted by Gasteiger charge is -2.08. The molecule has 22 heavy (non-hydrogen) atoms. The minimum absolute atomic E-state index is 0.0846. The fourth-order valence-electron chi connectivity index (χ4n) is 1.82. The van der Waals surface area contributed by atoms with Crippen molar-refractivity contribution >= 4 is 46.0 Å². The number of amidine groups is 1. The molecule has 1 saturated heterocycles. The lowest BCUT2D eigenvalue weighted by Crippen LogP contribution is -2.28. The molecule has 1 aliphatic rings. The molecule has 0 unspecified atom stereocenters. The predicted octanol–water partition coefficient (Wildman–Crippen LogP) is 3.05. The summed E-state index contributed by atoms with van der Waals surface area (Å²) in [6, 6.07) is 7.15. The molecule has 1 aromatic rings. The second-order valence-corrected chi connectivity index (χ2v) is 6.62. The van der Waals surface area contributed by atoms with E-state index >= 15 is 0 Å². The van der Waals surface area contributed by atoms with Crippen molar-refractivity contribution in [1.29, 1.82) is 0 Å². The summed E-state index contributed by atoms with van der Waals surface area (Å²) in [6.45, 7) is 4.02. The van der Waals surface area contributed by atoms with E-state index < -0.39 is 5.25 Å². The smallest absolute Gasteiger partial charge is 0.240 e. The molecule has 118 valence electrons. The molecule has 2 N–H and O–H groups in total. The number of nitrogens with one attached hydrogen (secondary N) is 2. The van der Waals surface area contributed by atoms with Gasteiger partial charge in [0.25, 0.3) is 0 Å². The van der Waals surface area contributed by atoms with Crippen LogP contribution >= 0.6 is 23.4 Å². The number of hydrogen-bond acceptors (Lipinski definition) is 4. The van der Waals surface area contributed by atoms with E-state index in [1.165, 1.54) is 11.8 Å². The van der Waals surface area contributed by atoms with Crippen molar-refractivity contribution in [2.24, 2.45) is 4.99 Å². The number of carbonyl (C=O) groups is 2. The Morgan fingerprint density at radius 2 is 2.23 bits per heavy atom. The predicted molar refractivity (Wildman–Crippen MR) is 91.4 cm³/mol. The average Bonchev–Trinajstić information content (AvgIpc) is 2.81. The Balaban J connectivity index is 1.94. The highest BCUT2D eigenvalue weighted by Gasteiger charge is 2.32. The normalized spacial score (nSPS) is 20.8. The van der Waals surface area contributed by atoms with Gasteiger partial charge < -0.3 is 10.6 Å². The molecule has 2 atom stereocenters. The SMILES string of the molecule is CC[C@@H](C)N=C1NC(=O)[C@@H](CC(=O)Nc2ccccc2Cl)S1. The van der Waals surface area contributed by atoms with Gasteiger partial charge >= 0.3 is 0 Å². The molecule has 0 radical (unpaired) electrons. The second-order valence-electron chi connectivity index (χ2n) is 5.02. The highest BCUT2D eigenvalue weighted by atomic mass is 35.5. The Labute approximate surface area is 138 Å². The fourth-order valence-corrected chi connectivity index (χ4v) is 3.08. The summed E-state index contributed by atoms with van der Waals surface area (Å²) >= 11 is 7.29. The Hall–Kier alpha value is -1.53. The van der Waals surface area contributed by atoms with Gasteiger partial charge in [0.2, 0.25) is 11.8 Å². The van der Waals surface area contributed by atoms with Crippen LogP contribution in [0.25, 0.3) is 0 Å². The van der Waals surface area contributed by atoms with Crippen LogP contribution in [0.5, 0.6) is 0 Å². The highest BCUT2D eigenvalue weighted by Crippen LogP contribution is 2.25. The Kier molecular flexibility index (Phi) is 5.85. The number of carbonyl (C=O) groups excluding carboxylic acids is 2. The zero-order chi connectivity index (χ0) is 16.1. The Morgan fingerprint density at radius 1 is 1.50 bits per heavy atom. The summed E-state index contributed by atoms with van der Waals surface area (Å²) < 4.78 is 0. The van der Waals surface area contributed by atoms with Crippen LogP contribution in [-0.2, 0) is 9.59 Å². The van der Waals surface area contributed by atoms with E-state index in [1.54, 1.807) is 24.3 Å². The summed E-state index contributed by atoms with van der Waals surface area (Å²) in [6.07, 6.45) is 0.985. The minimum Gasteiger partial charge on any atom is -0.325 e. The number of aliphatic imine (C=N–C) groups is 1. The molecule has 0 aliphatic carbocycles. The van der Waals surface area contributed by atoms with Gasteiger partial charge in [0.1, 0.15) is 5.25 Å². The molecule has 0 spiro atoms. The van der Waals surface area contributed by atoms with Gasteiger partial charge in [0.05, 0.1) is 10.7 Å². The molecule has 1 aliphatic heterocycles. The van der Waals surface area contributed by atoms with Crippen molar-refractivity contribution in [1.82, 2.24) is 5.32 Å². The van der Waals surface area contributed by atoms with Gasteiger partial charge in [-0.15, -0.1) is 0 Å². The maximum atomic E-state index is 12.0. The number of halogens is 1. The summed E-state index contributed by atoms with van der Waals surface area (Å²) in [5.74, 6) is -0.424. The first-order valence-corrected chi connectivity index (χ1v) is 8.35. The van der Waals surface area contributed by atoms with Crippen LogP contribution in [0.4, 0.5) is 5.69 Å². The van der Waals surface area contributed by atoms with Crippen molar-refractivity contribution in [3.05, 3.63) is 29.3 Å². The Bertz CT molecular complexity index is 606. The third-order valence-electron chi connectivity index (χ3n) is 3.22. The fraction of sp³-hybridized carbons (Fsp3) is 0.400. The van der Waals surface area contributed by atoms with Gasteiger partial charge in [-0.25, -0.2) is 0 Å². The molecule has 1 aromatic carbocycles. The molecular weight excluding hydrogens is 322 g/mol. The molecule has 2 rings (SSSR count). The maximum absolute atomic E-state index is 12.0. The summed E-state index contributed by atoms with van der Waals surface area (Å²) in [7, 11) is 0. The number of amides is 2. The van der Waals surface area contributed by atoms with Crippen molar-refractivity contribution in [2.45, 2.75) is 38.0 Å². The number of nitrogens with zero attached hydrogens (tertiary/aromatic N) is 1. The molecule has 1 fully saturated rings. The van der Waals surface area contributed by atoms with Gasteiger partial charge in [-0.1, -0.05) is 42.4 Å². The second kappa shape index (κ2) is 7.65. The third kappa shape index (κ3) is 4.48. The first kappa shape index (κ1) is 16.8. The quantitative estimate of drug-likeness (QED) is 0.866. The van der Waals surface area contributed by atoms with E-state index in [0.29, 0.717) is 15.9 Å². The molecule has 0 aromatic heterocycles. The summed E-state index contributed by atoms with van der Waals surface area (Å²) in [5, 5.41) is 6.05. The number of para-hydroxylation sites is 1. The van der Waals surface area contributed by atoms with Crippen LogP contribution in [0, 0.1) is 0 Å². The lowest BCUT2D eigenvalue weighted by molar-refractivity contribution is -0.122. The van der Waals surface area contributed by atoms with E-state index in [1.807, 2.05) is 13.8 Å². The van der Waals surface area contributed by atoms with E-state index in [4.69, 9.17) is 11.6 Å². The highest BCUT2D eigenvalue weighted by molar-refractivity contribution is 8.15. The average molecular weight is 340 g/mol. The number of thioether (sulfide) groups is 1. The number of hydrogen-bond donors (Lipinski definition) is 2. The largest absolute Gasteiger partial charge is 0.325 e. The van der Waals surface area contributed by atoms with Crippen LogP contribution in [0.2, 0.25) is 5.02 Å². The zero-order valence-electron chi connectivity index (χ0n) is 12.4. The van der Waals surface area contributed by atoms with E-state index in [-0.39, 0.29) is 24.3 Å². The molecule has 0 bridgehead atoms. The number of anilines is 1. The topological polar surface area (TPSA) is 70.6 Å². The number of rotatable bonds is 5. The van der Waals surface area contributed by atoms with Crippen LogP contribution in [0.1, 0.15) is 26.7 Å². The van der Waals surface area contributed by atoms with Crippen LogP contribution in [0.15, 0.2) is 29.3 Å². The molecule has 7 heteroatoms. The summed E-state index contributed by atoms with van der Waals surface area (Å²) in [4.78, 5) is 28.3. The molecular formula is C15H18ClN3O2S. The van der Waals surface area contributed by atoms with Gasteiger partial charge in [-0.2, -0.15) is 0 Å². The first-order valence-electron chi connectivity index (χ1n) is 7.09.